The van der Waals surface area contributed by atoms with E-state index in [4.69, 9.17) is 9.47 Å². The number of anilines is 1. The lowest BCUT2D eigenvalue weighted by atomic mass is 10.1. The van der Waals surface area contributed by atoms with Crippen LogP contribution in [0.4, 0.5) is 5.82 Å². The normalized spacial score (nSPS) is 12.1. The van der Waals surface area contributed by atoms with E-state index >= 15 is 0 Å². The second-order valence-electron chi connectivity index (χ2n) is 4.19. The van der Waals surface area contributed by atoms with Gasteiger partial charge in [-0.3, -0.25) is 0 Å². The van der Waals surface area contributed by atoms with Crippen molar-refractivity contribution in [3.05, 3.63) is 24.4 Å². The Labute approximate surface area is 111 Å². The van der Waals surface area contributed by atoms with Crippen LogP contribution in [0, 0.1) is 11.8 Å². The predicted octanol–water partition coefficient (Wildman–Crippen LogP) is 2.79. The van der Waals surface area contributed by atoms with Gasteiger partial charge in [-0.25, -0.2) is 4.98 Å². The highest BCUT2D eigenvalue weighted by Gasteiger charge is 2.15. The first-order valence-electron chi connectivity index (χ1n) is 6.20. The Bertz CT molecular complexity index is 671. The standard InChI is InChI=1S/C15H14N2O2/c1-2-3-4-6-16-15-12-9-14-13(18-10-19-14)8-11(12)5-7-17-15/h5,7-9H,4,6,10H2,1H3,(H,16,17). The first-order chi connectivity index (χ1) is 9.38. The molecule has 3 rings (SSSR count). The van der Waals surface area contributed by atoms with Crippen LogP contribution in [0.25, 0.3) is 10.8 Å². The van der Waals surface area contributed by atoms with Gasteiger partial charge in [0.05, 0.1) is 0 Å². The Morgan fingerprint density at radius 3 is 3.00 bits per heavy atom. The Morgan fingerprint density at radius 1 is 1.32 bits per heavy atom. The summed E-state index contributed by atoms with van der Waals surface area (Å²) in [5.41, 5.74) is 0. The lowest BCUT2D eigenvalue weighted by Gasteiger charge is -2.08. The zero-order chi connectivity index (χ0) is 13.1. The lowest BCUT2D eigenvalue weighted by Crippen LogP contribution is -2.02. The van der Waals surface area contributed by atoms with E-state index in [1.807, 2.05) is 25.1 Å². The van der Waals surface area contributed by atoms with E-state index in [2.05, 4.69) is 22.1 Å². The molecule has 2 heterocycles. The van der Waals surface area contributed by atoms with Gasteiger partial charge >= 0.3 is 0 Å². The lowest BCUT2D eigenvalue weighted by molar-refractivity contribution is 0.174. The molecule has 0 unspecified atom stereocenters. The number of benzene rings is 1. The monoisotopic (exact) mass is 254 g/mol. The van der Waals surface area contributed by atoms with Crippen LogP contribution in [0.3, 0.4) is 0 Å². The molecule has 0 spiro atoms. The number of hydrogen-bond donors (Lipinski definition) is 1. The Kier molecular flexibility index (Phi) is 3.11. The number of hydrogen-bond acceptors (Lipinski definition) is 4. The molecule has 0 bridgehead atoms. The van der Waals surface area contributed by atoms with Gasteiger partial charge in [-0.1, -0.05) is 0 Å². The highest BCUT2D eigenvalue weighted by Crippen LogP contribution is 2.37. The molecule has 4 nitrogen and oxygen atoms in total. The first-order valence-corrected chi connectivity index (χ1v) is 6.20. The van der Waals surface area contributed by atoms with Gasteiger partial charge < -0.3 is 14.8 Å². The largest absolute Gasteiger partial charge is 0.454 e. The van der Waals surface area contributed by atoms with Gasteiger partial charge in [0.25, 0.3) is 0 Å². The van der Waals surface area contributed by atoms with Gasteiger partial charge in [0, 0.05) is 24.5 Å². The summed E-state index contributed by atoms with van der Waals surface area (Å²) in [6, 6.07) is 5.92. The van der Waals surface area contributed by atoms with Crippen LogP contribution < -0.4 is 14.8 Å². The van der Waals surface area contributed by atoms with E-state index in [0.29, 0.717) is 0 Å². The van der Waals surface area contributed by atoms with Crippen molar-refractivity contribution in [2.24, 2.45) is 0 Å². The molecule has 0 aliphatic carbocycles. The second kappa shape index (κ2) is 5.07. The molecular formula is C15H14N2O2. The van der Waals surface area contributed by atoms with Crippen molar-refractivity contribution in [3.63, 3.8) is 0 Å². The summed E-state index contributed by atoms with van der Waals surface area (Å²) >= 11 is 0. The van der Waals surface area contributed by atoms with E-state index < -0.39 is 0 Å². The van der Waals surface area contributed by atoms with Gasteiger partial charge in [-0.2, -0.15) is 0 Å². The average molecular weight is 254 g/mol. The van der Waals surface area contributed by atoms with E-state index in [9.17, 15) is 0 Å². The summed E-state index contributed by atoms with van der Waals surface area (Å²) in [5, 5.41) is 5.43. The molecule has 0 radical (unpaired) electrons. The van der Waals surface area contributed by atoms with E-state index in [1.54, 1.807) is 6.20 Å². The fraction of sp³-hybridized carbons (Fsp3) is 0.267. The van der Waals surface area contributed by atoms with Crippen molar-refractivity contribution in [1.82, 2.24) is 4.98 Å². The van der Waals surface area contributed by atoms with Crippen molar-refractivity contribution in [3.8, 4) is 23.3 Å². The Balaban J connectivity index is 1.93. The molecule has 1 aliphatic heterocycles. The molecular weight excluding hydrogens is 240 g/mol. The summed E-state index contributed by atoms with van der Waals surface area (Å²) in [6.07, 6.45) is 2.59. The first kappa shape index (κ1) is 11.7. The third kappa shape index (κ3) is 2.27. The smallest absolute Gasteiger partial charge is 0.231 e. The summed E-state index contributed by atoms with van der Waals surface area (Å²) < 4.78 is 10.8. The number of rotatable bonds is 3. The second-order valence-corrected chi connectivity index (χ2v) is 4.19. The molecule has 1 aromatic heterocycles. The molecule has 1 aliphatic rings. The number of aromatic nitrogens is 1. The van der Waals surface area contributed by atoms with Crippen LogP contribution in [0.15, 0.2) is 24.4 Å². The molecule has 1 aromatic carbocycles. The van der Waals surface area contributed by atoms with Crippen LogP contribution in [0.5, 0.6) is 11.5 Å². The Hall–Kier alpha value is -2.41. The summed E-state index contributed by atoms with van der Waals surface area (Å²) in [7, 11) is 0. The minimum absolute atomic E-state index is 0.286. The summed E-state index contributed by atoms with van der Waals surface area (Å²) in [5.74, 6) is 8.32. The SMILES string of the molecule is CC#CCCNc1nccc2cc3c(cc12)OCO3. The fourth-order valence-corrected chi connectivity index (χ4v) is 2.07. The maximum atomic E-state index is 5.40. The molecule has 1 N–H and O–H groups in total. The highest BCUT2D eigenvalue weighted by atomic mass is 16.7. The quantitative estimate of drug-likeness (QED) is 0.675. The number of ether oxygens (including phenoxy) is 2. The van der Waals surface area contributed by atoms with Gasteiger partial charge in [0.1, 0.15) is 5.82 Å². The number of pyridine rings is 1. The van der Waals surface area contributed by atoms with Crippen LogP contribution in [0.1, 0.15) is 13.3 Å². The Morgan fingerprint density at radius 2 is 2.16 bits per heavy atom. The molecule has 0 amide bonds. The predicted molar refractivity (Wildman–Crippen MR) is 74.4 cm³/mol. The van der Waals surface area contributed by atoms with Crippen molar-refractivity contribution < 1.29 is 9.47 Å². The molecule has 0 saturated heterocycles. The van der Waals surface area contributed by atoms with Crippen LogP contribution in [-0.2, 0) is 0 Å². The molecule has 4 heteroatoms. The minimum Gasteiger partial charge on any atom is -0.454 e. The fourth-order valence-electron chi connectivity index (χ4n) is 2.07. The molecule has 0 saturated carbocycles. The number of nitrogens with one attached hydrogen (secondary N) is 1. The average Bonchev–Trinajstić information content (AvgIpc) is 2.88. The van der Waals surface area contributed by atoms with Crippen LogP contribution >= 0.6 is 0 Å². The minimum atomic E-state index is 0.286. The van der Waals surface area contributed by atoms with Gasteiger partial charge in [-0.15, -0.1) is 11.8 Å². The zero-order valence-electron chi connectivity index (χ0n) is 10.7. The molecule has 19 heavy (non-hydrogen) atoms. The van der Waals surface area contributed by atoms with Crippen LogP contribution in [-0.4, -0.2) is 18.3 Å². The van der Waals surface area contributed by atoms with Crippen molar-refractivity contribution in [1.29, 1.82) is 0 Å². The van der Waals surface area contributed by atoms with Gasteiger partial charge in [0.15, 0.2) is 11.5 Å². The van der Waals surface area contributed by atoms with Gasteiger partial charge in [0.2, 0.25) is 6.79 Å². The van der Waals surface area contributed by atoms with Crippen LogP contribution in [0.2, 0.25) is 0 Å². The molecule has 2 aromatic rings. The topological polar surface area (TPSA) is 43.4 Å². The third-order valence-electron chi connectivity index (χ3n) is 2.98. The molecule has 0 atom stereocenters. The highest BCUT2D eigenvalue weighted by molar-refractivity contribution is 5.94. The maximum Gasteiger partial charge on any atom is 0.231 e. The van der Waals surface area contributed by atoms with E-state index in [1.165, 1.54) is 0 Å². The molecule has 0 fully saturated rings. The summed E-state index contributed by atoms with van der Waals surface area (Å²) in [6.45, 7) is 2.91. The third-order valence-corrected chi connectivity index (χ3v) is 2.98. The van der Waals surface area contributed by atoms with Crippen molar-refractivity contribution >= 4 is 16.6 Å². The number of fused-ring (bicyclic) bond motifs is 2. The number of nitrogens with zero attached hydrogens (tertiary/aromatic N) is 1. The van der Waals surface area contributed by atoms with E-state index in [0.717, 1.165) is 41.1 Å². The van der Waals surface area contributed by atoms with E-state index in [-0.39, 0.29) is 6.79 Å². The van der Waals surface area contributed by atoms with Crippen molar-refractivity contribution in [2.45, 2.75) is 13.3 Å². The van der Waals surface area contributed by atoms with Crippen molar-refractivity contribution in [2.75, 3.05) is 18.7 Å². The summed E-state index contributed by atoms with van der Waals surface area (Å²) in [4.78, 5) is 4.37. The maximum absolute atomic E-state index is 5.40. The molecule has 96 valence electrons. The van der Waals surface area contributed by atoms with Gasteiger partial charge in [-0.05, 0) is 30.5 Å². The zero-order valence-corrected chi connectivity index (χ0v) is 10.7.